The van der Waals surface area contributed by atoms with E-state index in [1.165, 1.54) is 4.90 Å². The number of nitrogens with zero attached hydrogens (tertiary/aromatic N) is 4. The second-order valence-corrected chi connectivity index (χ2v) is 8.85. The lowest BCUT2D eigenvalue weighted by Crippen LogP contribution is -2.27. The Morgan fingerprint density at radius 3 is 2.44 bits per heavy atom. The molecular formula is C26H21N5O4S. The van der Waals surface area contributed by atoms with E-state index in [-0.39, 0.29) is 17.7 Å². The van der Waals surface area contributed by atoms with Gasteiger partial charge in [-0.2, -0.15) is 5.21 Å². The second kappa shape index (κ2) is 10.0. The van der Waals surface area contributed by atoms with Crippen LogP contribution in [0.15, 0.2) is 71.6 Å². The summed E-state index contributed by atoms with van der Waals surface area (Å²) in [5, 5.41) is 14.0. The molecule has 1 N–H and O–H groups in total. The van der Waals surface area contributed by atoms with Crippen LogP contribution in [0, 0.1) is 0 Å². The summed E-state index contributed by atoms with van der Waals surface area (Å²) in [6, 6.07) is 20.8. The van der Waals surface area contributed by atoms with Gasteiger partial charge in [-0.1, -0.05) is 48.5 Å². The van der Waals surface area contributed by atoms with Gasteiger partial charge in [-0.05, 0) is 51.9 Å². The zero-order valence-electron chi connectivity index (χ0n) is 19.5. The van der Waals surface area contributed by atoms with Gasteiger partial charge in [0.15, 0.2) is 0 Å². The molecule has 0 saturated carbocycles. The van der Waals surface area contributed by atoms with Crippen molar-refractivity contribution in [3.05, 3.63) is 82.8 Å². The fourth-order valence-corrected chi connectivity index (χ4v) is 4.72. The van der Waals surface area contributed by atoms with E-state index in [0.29, 0.717) is 27.8 Å². The Morgan fingerprint density at radius 1 is 0.972 bits per heavy atom. The summed E-state index contributed by atoms with van der Waals surface area (Å²) < 4.78 is 10.6. The van der Waals surface area contributed by atoms with Crippen molar-refractivity contribution in [2.75, 3.05) is 14.2 Å². The Bertz CT molecular complexity index is 1450. The van der Waals surface area contributed by atoms with E-state index in [1.54, 1.807) is 38.5 Å². The number of methoxy groups -OCH3 is 2. The van der Waals surface area contributed by atoms with Crippen LogP contribution in [0.5, 0.6) is 11.5 Å². The van der Waals surface area contributed by atoms with Crippen LogP contribution in [-0.4, -0.2) is 50.9 Å². The first kappa shape index (κ1) is 23.3. The second-order valence-electron chi connectivity index (χ2n) is 7.85. The Hall–Kier alpha value is -4.44. The van der Waals surface area contributed by atoms with Crippen LogP contribution >= 0.6 is 11.8 Å². The number of carbonyl (C=O) groups is 2. The summed E-state index contributed by atoms with van der Waals surface area (Å²) in [6.45, 7) is 0.175. The van der Waals surface area contributed by atoms with Crippen molar-refractivity contribution in [1.29, 1.82) is 0 Å². The molecule has 3 aromatic carbocycles. The average molecular weight is 500 g/mol. The zero-order valence-corrected chi connectivity index (χ0v) is 20.3. The number of amides is 2. The third-order valence-electron chi connectivity index (χ3n) is 5.72. The van der Waals surface area contributed by atoms with Gasteiger partial charge < -0.3 is 9.47 Å². The number of ether oxygens (including phenoxy) is 2. The smallest absolute Gasteiger partial charge is 0.293 e. The molecule has 0 radical (unpaired) electrons. The molecule has 5 rings (SSSR count). The molecule has 1 fully saturated rings. The van der Waals surface area contributed by atoms with Crippen molar-refractivity contribution in [1.82, 2.24) is 25.5 Å². The highest BCUT2D eigenvalue weighted by Crippen LogP contribution is 2.36. The molecule has 36 heavy (non-hydrogen) atoms. The molecule has 9 nitrogen and oxygen atoms in total. The van der Waals surface area contributed by atoms with E-state index < -0.39 is 0 Å². The van der Waals surface area contributed by atoms with Crippen LogP contribution in [0.1, 0.15) is 11.1 Å². The van der Waals surface area contributed by atoms with Gasteiger partial charge in [0, 0.05) is 17.2 Å². The van der Waals surface area contributed by atoms with Gasteiger partial charge >= 0.3 is 0 Å². The molecule has 0 unspecified atom stereocenters. The summed E-state index contributed by atoms with van der Waals surface area (Å²) in [4.78, 5) is 27.3. The lowest BCUT2D eigenvalue weighted by molar-refractivity contribution is -0.123. The lowest BCUT2D eigenvalue weighted by Gasteiger charge is -2.13. The van der Waals surface area contributed by atoms with Crippen molar-refractivity contribution in [2.24, 2.45) is 0 Å². The Kier molecular flexibility index (Phi) is 6.50. The molecule has 0 atom stereocenters. The molecule has 0 aliphatic carbocycles. The van der Waals surface area contributed by atoms with E-state index in [2.05, 4.69) is 20.6 Å². The number of aromatic nitrogens is 4. The number of benzene rings is 3. The van der Waals surface area contributed by atoms with Crippen molar-refractivity contribution in [3.63, 3.8) is 0 Å². The highest BCUT2D eigenvalue weighted by Gasteiger charge is 2.35. The summed E-state index contributed by atoms with van der Waals surface area (Å²) in [7, 11) is 3.11. The minimum atomic E-state index is -0.339. The van der Waals surface area contributed by atoms with Crippen molar-refractivity contribution in [3.8, 4) is 34.0 Å². The molecule has 2 amide bonds. The number of carbonyl (C=O) groups excluding carboxylic acids is 2. The molecule has 1 aliphatic rings. The molecule has 180 valence electrons. The molecule has 1 aliphatic heterocycles. The van der Waals surface area contributed by atoms with Gasteiger partial charge in [0.05, 0.1) is 25.7 Å². The normalized spacial score (nSPS) is 14.5. The minimum absolute atomic E-state index is 0.175. The highest BCUT2D eigenvalue weighted by molar-refractivity contribution is 8.18. The van der Waals surface area contributed by atoms with E-state index in [9.17, 15) is 9.59 Å². The fraction of sp³-hybridized carbons (Fsp3) is 0.115. The Balaban J connectivity index is 1.35. The van der Waals surface area contributed by atoms with E-state index >= 15 is 0 Å². The van der Waals surface area contributed by atoms with Crippen LogP contribution in [0.4, 0.5) is 4.79 Å². The van der Waals surface area contributed by atoms with Crippen molar-refractivity contribution >= 4 is 29.0 Å². The molecule has 2 heterocycles. The fourth-order valence-electron chi connectivity index (χ4n) is 3.89. The molecular weight excluding hydrogens is 478 g/mol. The van der Waals surface area contributed by atoms with E-state index in [4.69, 9.17) is 9.47 Å². The summed E-state index contributed by atoms with van der Waals surface area (Å²) in [5.74, 6) is 1.36. The quantitative estimate of drug-likeness (QED) is 0.362. The van der Waals surface area contributed by atoms with E-state index in [1.807, 2.05) is 48.5 Å². The number of tetrazole rings is 1. The molecule has 0 spiro atoms. The molecule has 10 heteroatoms. The third-order valence-corrected chi connectivity index (χ3v) is 6.63. The third kappa shape index (κ3) is 4.58. The van der Waals surface area contributed by atoms with Gasteiger partial charge in [-0.3, -0.25) is 14.5 Å². The highest BCUT2D eigenvalue weighted by atomic mass is 32.2. The largest absolute Gasteiger partial charge is 0.497 e. The van der Waals surface area contributed by atoms with Crippen LogP contribution in [-0.2, 0) is 11.3 Å². The van der Waals surface area contributed by atoms with E-state index in [0.717, 1.165) is 34.0 Å². The number of H-pyrrole nitrogens is 1. The average Bonchev–Trinajstić information content (AvgIpc) is 3.54. The summed E-state index contributed by atoms with van der Waals surface area (Å²) >= 11 is 0.914. The maximum Gasteiger partial charge on any atom is 0.293 e. The van der Waals surface area contributed by atoms with Gasteiger partial charge in [-0.25, -0.2) is 0 Å². The molecule has 1 saturated heterocycles. The molecule has 1 aromatic heterocycles. The van der Waals surface area contributed by atoms with Crippen LogP contribution in [0.2, 0.25) is 0 Å². The monoisotopic (exact) mass is 499 g/mol. The topological polar surface area (TPSA) is 110 Å². The number of hydrogen-bond acceptors (Lipinski definition) is 8. The first-order valence-electron chi connectivity index (χ1n) is 11.0. The van der Waals surface area contributed by atoms with Crippen LogP contribution < -0.4 is 9.47 Å². The SMILES string of the molecule is COc1ccc(/C=C2\SC(=O)N(Cc3ccc(-c4ccccc4-c4nn[nH]n4)cc3)C2=O)c(OC)c1. The molecule has 0 bridgehead atoms. The number of rotatable bonds is 7. The number of nitrogens with one attached hydrogen (secondary N) is 1. The van der Waals surface area contributed by atoms with Crippen molar-refractivity contribution in [2.45, 2.75) is 6.54 Å². The predicted molar refractivity (Wildman–Crippen MR) is 136 cm³/mol. The Morgan fingerprint density at radius 2 is 1.75 bits per heavy atom. The maximum atomic E-state index is 13.0. The minimum Gasteiger partial charge on any atom is -0.497 e. The summed E-state index contributed by atoms with van der Waals surface area (Å²) in [5.41, 5.74) is 4.28. The van der Waals surface area contributed by atoms with Crippen LogP contribution in [0.25, 0.3) is 28.6 Å². The molecule has 4 aromatic rings. The zero-order chi connectivity index (χ0) is 25.1. The summed E-state index contributed by atoms with van der Waals surface area (Å²) in [6.07, 6.45) is 1.67. The first-order chi connectivity index (χ1) is 17.6. The van der Waals surface area contributed by atoms with Gasteiger partial charge in [0.25, 0.3) is 11.1 Å². The first-order valence-corrected chi connectivity index (χ1v) is 11.8. The van der Waals surface area contributed by atoms with Gasteiger partial charge in [-0.15, -0.1) is 10.2 Å². The predicted octanol–water partition coefficient (Wildman–Crippen LogP) is 4.79. The number of imide groups is 1. The Labute approximate surface area is 211 Å². The standard InChI is InChI=1S/C26H21N5O4S/c1-34-19-12-11-18(22(14-19)35-2)13-23-25(32)31(26(33)36-23)15-16-7-9-17(10-8-16)20-5-3-4-6-21(20)24-27-29-30-28-24/h3-14H,15H2,1-2H3,(H,27,28,29,30)/b23-13-. The number of thioether (sulfide) groups is 1. The number of aromatic amines is 1. The van der Waals surface area contributed by atoms with Crippen molar-refractivity contribution < 1.29 is 19.1 Å². The van der Waals surface area contributed by atoms with Gasteiger partial charge in [0.2, 0.25) is 5.82 Å². The lowest BCUT2D eigenvalue weighted by atomic mass is 9.98. The van der Waals surface area contributed by atoms with Crippen LogP contribution in [0.3, 0.4) is 0 Å². The number of hydrogen-bond donors (Lipinski definition) is 1. The van der Waals surface area contributed by atoms with Gasteiger partial charge in [0.1, 0.15) is 11.5 Å². The maximum absolute atomic E-state index is 13.0.